The highest BCUT2D eigenvalue weighted by molar-refractivity contribution is 6.30. The van der Waals surface area contributed by atoms with Gasteiger partial charge in [0.15, 0.2) is 0 Å². The van der Waals surface area contributed by atoms with Crippen LogP contribution in [0.1, 0.15) is 30.5 Å². The lowest BCUT2D eigenvalue weighted by molar-refractivity contribution is 0.0575. The fourth-order valence-electron chi connectivity index (χ4n) is 2.23. The number of aryl methyl sites for hydroxylation is 1. The first-order valence-corrected chi connectivity index (χ1v) is 6.95. The molecule has 100 valence electrons. The van der Waals surface area contributed by atoms with Crippen LogP contribution in [0, 0.1) is 0 Å². The van der Waals surface area contributed by atoms with E-state index in [0.717, 1.165) is 22.6 Å². The number of halogens is 1. The van der Waals surface area contributed by atoms with Crippen molar-refractivity contribution in [2.24, 2.45) is 0 Å². The van der Waals surface area contributed by atoms with Gasteiger partial charge in [0.05, 0.1) is 5.60 Å². The van der Waals surface area contributed by atoms with Gasteiger partial charge in [0.1, 0.15) is 0 Å². The Kier molecular flexibility index (Phi) is 4.28. The fourth-order valence-corrected chi connectivity index (χ4v) is 2.35. The quantitative estimate of drug-likeness (QED) is 0.879. The molecule has 0 heterocycles. The molecule has 0 spiro atoms. The number of rotatable bonds is 4. The van der Waals surface area contributed by atoms with Gasteiger partial charge in [0, 0.05) is 11.4 Å². The molecule has 0 bridgehead atoms. The summed E-state index contributed by atoms with van der Waals surface area (Å²) in [5, 5.41) is 11.4. The highest BCUT2D eigenvalue weighted by Gasteiger charge is 2.23. The Bertz CT molecular complexity index is 543. The Labute approximate surface area is 119 Å². The number of aliphatic hydroxyl groups is 1. The lowest BCUT2D eigenvalue weighted by Gasteiger charge is -2.24. The van der Waals surface area contributed by atoms with Crippen LogP contribution >= 0.6 is 11.6 Å². The van der Waals surface area contributed by atoms with Crippen LogP contribution in [0.5, 0.6) is 0 Å². The standard InChI is InChI=1S/C17H19ClO/c1-3-13-5-4-6-15(11-13)17(2,19)12-14-7-9-16(18)10-8-14/h4-11,19H,3,12H2,1-2H3. The zero-order chi connectivity index (χ0) is 13.9. The lowest BCUT2D eigenvalue weighted by Crippen LogP contribution is -2.24. The first-order valence-electron chi connectivity index (χ1n) is 6.57. The summed E-state index contributed by atoms with van der Waals surface area (Å²) in [5.74, 6) is 0. The van der Waals surface area contributed by atoms with E-state index in [4.69, 9.17) is 11.6 Å². The Morgan fingerprint density at radius 1 is 1.05 bits per heavy atom. The molecule has 0 amide bonds. The van der Waals surface area contributed by atoms with Gasteiger partial charge in [-0.15, -0.1) is 0 Å². The molecule has 2 heteroatoms. The van der Waals surface area contributed by atoms with E-state index < -0.39 is 5.60 Å². The van der Waals surface area contributed by atoms with Crippen LogP contribution in [0.4, 0.5) is 0 Å². The maximum Gasteiger partial charge on any atom is 0.0908 e. The predicted octanol–water partition coefficient (Wildman–Crippen LogP) is 4.35. The topological polar surface area (TPSA) is 20.2 Å². The second-order valence-electron chi connectivity index (χ2n) is 5.13. The Hall–Kier alpha value is -1.31. The van der Waals surface area contributed by atoms with E-state index in [1.807, 2.05) is 43.3 Å². The summed E-state index contributed by atoms with van der Waals surface area (Å²) < 4.78 is 0. The zero-order valence-electron chi connectivity index (χ0n) is 11.4. The summed E-state index contributed by atoms with van der Waals surface area (Å²) in [5.41, 5.74) is 2.42. The van der Waals surface area contributed by atoms with E-state index in [-0.39, 0.29) is 0 Å². The summed E-state index contributed by atoms with van der Waals surface area (Å²) in [6.07, 6.45) is 1.56. The zero-order valence-corrected chi connectivity index (χ0v) is 12.1. The third-order valence-corrected chi connectivity index (χ3v) is 3.67. The number of hydrogen-bond donors (Lipinski definition) is 1. The van der Waals surface area contributed by atoms with Gasteiger partial charge in [-0.1, -0.05) is 54.9 Å². The van der Waals surface area contributed by atoms with Gasteiger partial charge in [-0.2, -0.15) is 0 Å². The third kappa shape index (κ3) is 3.59. The molecule has 1 unspecified atom stereocenters. The highest BCUT2D eigenvalue weighted by atomic mass is 35.5. The summed E-state index contributed by atoms with van der Waals surface area (Å²) in [7, 11) is 0. The van der Waals surface area contributed by atoms with Gasteiger partial charge in [-0.05, 0) is 42.2 Å². The molecule has 1 nitrogen and oxygen atoms in total. The average molecular weight is 275 g/mol. The van der Waals surface area contributed by atoms with Gasteiger partial charge < -0.3 is 5.11 Å². The van der Waals surface area contributed by atoms with Gasteiger partial charge >= 0.3 is 0 Å². The fraction of sp³-hybridized carbons (Fsp3) is 0.294. The van der Waals surface area contributed by atoms with Crippen LogP contribution in [0.3, 0.4) is 0 Å². The molecule has 2 aromatic carbocycles. The minimum atomic E-state index is -0.862. The molecule has 0 aromatic heterocycles. The Balaban J connectivity index is 2.23. The molecule has 1 atom stereocenters. The van der Waals surface area contributed by atoms with E-state index >= 15 is 0 Å². The number of benzene rings is 2. The molecule has 0 aliphatic carbocycles. The van der Waals surface area contributed by atoms with E-state index in [9.17, 15) is 5.11 Å². The molecule has 2 rings (SSSR count). The van der Waals surface area contributed by atoms with Crippen molar-refractivity contribution in [3.8, 4) is 0 Å². The van der Waals surface area contributed by atoms with E-state index in [0.29, 0.717) is 6.42 Å². The first kappa shape index (κ1) is 14.1. The van der Waals surface area contributed by atoms with Crippen LogP contribution in [-0.2, 0) is 18.4 Å². The Morgan fingerprint density at radius 2 is 1.74 bits per heavy atom. The third-order valence-electron chi connectivity index (χ3n) is 3.42. The van der Waals surface area contributed by atoms with Crippen molar-refractivity contribution in [1.82, 2.24) is 0 Å². The van der Waals surface area contributed by atoms with Crippen LogP contribution in [0.15, 0.2) is 48.5 Å². The van der Waals surface area contributed by atoms with Crippen molar-refractivity contribution in [3.63, 3.8) is 0 Å². The SMILES string of the molecule is CCc1cccc(C(C)(O)Cc2ccc(Cl)cc2)c1. The largest absolute Gasteiger partial charge is 0.385 e. The monoisotopic (exact) mass is 274 g/mol. The summed E-state index contributed by atoms with van der Waals surface area (Å²) in [6.45, 7) is 3.98. The van der Waals surface area contributed by atoms with Gasteiger partial charge in [0.2, 0.25) is 0 Å². The van der Waals surface area contributed by atoms with Crippen LogP contribution in [-0.4, -0.2) is 5.11 Å². The summed E-state index contributed by atoms with van der Waals surface area (Å²) in [4.78, 5) is 0. The minimum Gasteiger partial charge on any atom is -0.385 e. The molecule has 0 saturated carbocycles. The van der Waals surface area contributed by atoms with Crippen LogP contribution < -0.4 is 0 Å². The predicted molar refractivity (Wildman–Crippen MR) is 80.5 cm³/mol. The summed E-state index contributed by atoms with van der Waals surface area (Å²) >= 11 is 5.88. The van der Waals surface area contributed by atoms with Crippen LogP contribution in [0.2, 0.25) is 5.02 Å². The molecule has 19 heavy (non-hydrogen) atoms. The van der Waals surface area contributed by atoms with Gasteiger partial charge in [-0.3, -0.25) is 0 Å². The summed E-state index contributed by atoms with van der Waals surface area (Å²) in [6, 6.07) is 15.8. The van der Waals surface area contributed by atoms with Gasteiger partial charge in [-0.25, -0.2) is 0 Å². The second kappa shape index (κ2) is 5.77. The van der Waals surface area contributed by atoms with Crippen molar-refractivity contribution in [3.05, 3.63) is 70.2 Å². The molecular formula is C17H19ClO. The maximum absolute atomic E-state index is 10.7. The molecule has 1 N–H and O–H groups in total. The molecule has 2 aromatic rings. The molecule has 0 fully saturated rings. The molecule has 0 aliphatic rings. The van der Waals surface area contributed by atoms with Crippen molar-refractivity contribution in [2.45, 2.75) is 32.3 Å². The van der Waals surface area contributed by atoms with Crippen molar-refractivity contribution in [2.75, 3.05) is 0 Å². The molecule has 0 radical (unpaired) electrons. The average Bonchev–Trinajstić information content (AvgIpc) is 2.41. The normalized spacial score (nSPS) is 14.1. The van der Waals surface area contributed by atoms with E-state index in [1.54, 1.807) is 0 Å². The lowest BCUT2D eigenvalue weighted by atomic mass is 9.88. The van der Waals surface area contributed by atoms with Gasteiger partial charge in [0.25, 0.3) is 0 Å². The second-order valence-corrected chi connectivity index (χ2v) is 5.57. The van der Waals surface area contributed by atoms with Crippen molar-refractivity contribution < 1.29 is 5.11 Å². The van der Waals surface area contributed by atoms with E-state index in [1.165, 1.54) is 5.56 Å². The minimum absolute atomic E-state index is 0.581. The van der Waals surface area contributed by atoms with Crippen molar-refractivity contribution in [1.29, 1.82) is 0 Å². The molecular weight excluding hydrogens is 256 g/mol. The molecule has 0 saturated heterocycles. The Morgan fingerprint density at radius 3 is 2.37 bits per heavy atom. The maximum atomic E-state index is 10.7. The highest BCUT2D eigenvalue weighted by Crippen LogP contribution is 2.26. The first-order chi connectivity index (χ1) is 9.01. The number of hydrogen-bond acceptors (Lipinski definition) is 1. The smallest absolute Gasteiger partial charge is 0.0908 e. The van der Waals surface area contributed by atoms with Crippen LogP contribution in [0.25, 0.3) is 0 Å². The van der Waals surface area contributed by atoms with E-state index in [2.05, 4.69) is 19.1 Å². The molecule has 0 aliphatic heterocycles. The van der Waals surface area contributed by atoms with Crippen molar-refractivity contribution >= 4 is 11.6 Å².